The standard InChI is InChI=1S/C14H18BrNO3/c1-9(7-10(2)17)8-16-14(19)13(18)11-3-5-12(15)6-4-11/h3-6,9-10,17H,7-8H2,1-2H3,(H,16,19). The van der Waals surface area contributed by atoms with Crippen molar-refractivity contribution in [2.75, 3.05) is 6.54 Å². The summed E-state index contributed by atoms with van der Waals surface area (Å²) in [4.78, 5) is 23.5. The van der Waals surface area contributed by atoms with E-state index in [1.165, 1.54) is 0 Å². The largest absolute Gasteiger partial charge is 0.393 e. The Hall–Kier alpha value is -1.20. The van der Waals surface area contributed by atoms with E-state index in [1.54, 1.807) is 31.2 Å². The molecule has 0 aliphatic heterocycles. The molecule has 2 N–H and O–H groups in total. The van der Waals surface area contributed by atoms with E-state index < -0.39 is 17.8 Å². The lowest BCUT2D eigenvalue weighted by Crippen LogP contribution is -2.34. The first-order valence-electron chi connectivity index (χ1n) is 6.16. The zero-order valence-corrected chi connectivity index (χ0v) is 12.6. The number of nitrogens with one attached hydrogen (secondary N) is 1. The Morgan fingerprint density at radius 1 is 1.26 bits per heavy atom. The number of benzene rings is 1. The summed E-state index contributed by atoms with van der Waals surface area (Å²) >= 11 is 3.27. The number of amides is 1. The Morgan fingerprint density at radius 3 is 2.37 bits per heavy atom. The second-order valence-corrected chi connectivity index (χ2v) is 5.65. The zero-order valence-electron chi connectivity index (χ0n) is 11.0. The maximum Gasteiger partial charge on any atom is 0.292 e. The monoisotopic (exact) mass is 327 g/mol. The molecule has 0 spiro atoms. The van der Waals surface area contributed by atoms with Crippen LogP contribution in [0.1, 0.15) is 30.6 Å². The number of hydrogen-bond acceptors (Lipinski definition) is 3. The van der Waals surface area contributed by atoms with Crippen LogP contribution >= 0.6 is 15.9 Å². The summed E-state index contributed by atoms with van der Waals surface area (Å²) in [5.41, 5.74) is 0.365. The van der Waals surface area contributed by atoms with Crippen molar-refractivity contribution in [3.8, 4) is 0 Å². The van der Waals surface area contributed by atoms with Gasteiger partial charge in [-0.25, -0.2) is 0 Å². The molecule has 0 aliphatic carbocycles. The molecular weight excluding hydrogens is 310 g/mol. The highest BCUT2D eigenvalue weighted by Gasteiger charge is 2.16. The van der Waals surface area contributed by atoms with Gasteiger partial charge in [-0.3, -0.25) is 9.59 Å². The molecule has 0 radical (unpaired) electrons. The maximum atomic E-state index is 11.8. The van der Waals surface area contributed by atoms with E-state index >= 15 is 0 Å². The zero-order chi connectivity index (χ0) is 14.4. The fraction of sp³-hybridized carbons (Fsp3) is 0.429. The Morgan fingerprint density at radius 2 is 1.84 bits per heavy atom. The summed E-state index contributed by atoms with van der Waals surface area (Å²) in [6, 6.07) is 6.64. The number of hydrogen-bond donors (Lipinski definition) is 2. The predicted molar refractivity (Wildman–Crippen MR) is 76.9 cm³/mol. The summed E-state index contributed by atoms with van der Waals surface area (Å²) in [6.45, 7) is 3.99. The van der Waals surface area contributed by atoms with Gasteiger partial charge in [0, 0.05) is 16.6 Å². The number of ketones is 1. The molecule has 5 heteroatoms. The average Bonchev–Trinajstić information content (AvgIpc) is 2.35. The van der Waals surface area contributed by atoms with Crippen LogP contribution in [0.15, 0.2) is 28.7 Å². The van der Waals surface area contributed by atoms with Crippen molar-refractivity contribution in [3.05, 3.63) is 34.3 Å². The number of rotatable bonds is 6. The van der Waals surface area contributed by atoms with Crippen molar-refractivity contribution in [1.82, 2.24) is 5.32 Å². The van der Waals surface area contributed by atoms with Gasteiger partial charge in [0.2, 0.25) is 5.78 Å². The van der Waals surface area contributed by atoms with Crippen LogP contribution in [0.25, 0.3) is 0 Å². The second kappa shape index (κ2) is 7.40. The maximum absolute atomic E-state index is 11.8. The van der Waals surface area contributed by atoms with Gasteiger partial charge >= 0.3 is 0 Å². The second-order valence-electron chi connectivity index (χ2n) is 4.74. The van der Waals surface area contributed by atoms with E-state index in [1.807, 2.05) is 6.92 Å². The van der Waals surface area contributed by atoms with Gasteiger partial charge in [-0.15, -0.1) is 0 Å². The van der Waals surface area contributed by atoms with Gasteiger partial charge in [0.1, 0.15) is 0 Å². The van der Waals surface area contributed by atoms with Crippen LogP contribution in [0.2, 0.25) is 0 Å². The molecule has 1 amide bonds. The molecule has 0 saturated heterocycles. The molecule has 2 unspecified atom stereocenters. The molecule has 104 valence electrons. The van der Waals surface area contributed by atoms with Crippen LogP contribution in [-0.4, -0.2) is 29.4 Å². The molecular formula is C14H18BrNO3. The molecule has 2 atom stereocenters. The number of Topliss-reactive ketones (excluding diaryl/α,β-unsaturated/α-hetero) is 1. The number of halogens is 1. The van der Waals surface area contributed by atoms with Crippen LogP contribution in [0.5, 0.6) is 0 Å². The molecule has 4 nitrogen and oxygen atoms in total. The summed E-state index contributed by atoms with van der Waals surface area (Å²) in [6.07, 6.45) is 0.182. The average molecular weight is 328 g/mol. The van der Waals surface area contributed by atoms with Gasteiger partial charge in [-0.2, -0.15) is 0 Å². The number of carbonyl (C=O) groups excluding carboxylic acids is 2. The lowest BCUT2D eigenvalue weighted by Gasteiger charge is -2.13. The van der Waals surface area contributed by atoms with Crippen molar-refractivity contribution < 1.29 is 14.7 Å². The minimum absolute atomic E-state index is 0.127. The Balaban J connectivity index is 2.49. The molecule has 0 bridgehead atoms. The third-order valence-corrected chi connectivity index (χ3v) is 3.20. The molecule has 0 aliphatic rings. The van der Waals surface area contributed by atoms with Gasteiger partial charge in [0.05, 0.1) is 6.10 Å². The molecule has 0 aromatic heterocycles. The van der Waals surface area contributed by atoms with E-state index in [0.29, 0.717) is 18.5 Å². The van der Waals surface area contributed by atoms with Crippen LogP contribution in [0.4, 0.5) is 0 Å². The van der Waals surface area contributed by atoms with E-state index in [9.17, 15) is 14.7 Å². The molecule has 0 saturated carbocycles. The van der Waals surface area contributed by atoms with Crippen molar-refractivity contribution in [3.63, 3.8) is 0 Å². The minimum Gasteiger partial charge on any atom is -0.393 e. The first-order chi connectivity index (χ1) is 8.90. The molecule has 0 fully saturated rings. The predicted octanol–water partition coefficient (Wildman–Crippen LogP) is 2.16. The summed E-state index contributed by atoms with van der Waals surface area (Å²) in [5, 5.41) is 11.8. The Labute approximate surface area is 121 Å². The van der Waals surface area contributed by atoms with Crippen LogP contribution in [0.3, 0.4) is 0 Å². The summed E-state index contributed by atoms with van der Waals surface area (Å²) < 4.78 is 0.856. The number of aliphatic hydroxyl groups excluding tert-OH is 1. The molecule has 19 heavy (non-hydrogen) atoms. The highest BCUT2D eigenvalue weighted by Crippen LogP contribution is 2.11. The van der Waals surface area contributed by atoms with E-state index in [2.05, 4.69) is 21.2 Å². The van der Waals surface area contributed by atoms with Crippen molar-refractivity contribution in [2.24, 2.45) is 5.92 Å². The van der Waals surface area contributed by atoms with Crippen LogP contribution in [0, 0.1) is 5.92 Å². The molecule has 0 heterocycles. The minimum atomic E-state index is -0.611. The van der Waals surface area contributed by atoms with Gasteiger partial charge < -0.3 is 10.4 Å². The molecule has 1 rings (SSSR count). The van der Waals surface area contributed by atoms with Gasteiger partial charge in [0.15, 0.2) is 0 Å². The summed E-state index contributed by atoms with van der Waals surface area (Å²) in [7, 11) is 0. The Bertz CT molecular complexity index is 443. The van der Waals surface area contributed by atoms with E-state index in [0.717, 1.165) is 4.47 Å². The van der Waals surface area contributed by atoms with E-state index in [4.69, 9.17) is 0 Å². The van der Waals surface area contributed by atoms with Crippen molar-refractivity contribution in [2.45, 2.75) is 26.4 Å². The van der Waals surface area contributed by atoms with E-state index in [-0.39, 0.29) is 5.92 Å². The fourth-order valence-electron chi connectivity index (χ4n) is 1.75. The number of carbonyl (C=O) groups is 2. The first kappa shape index (κ1) is 15.9. The quantitative estimate of drug-likeness (QED) is 0.621. The highest BCUT2D eigenvalue weighted by atomic mass is 79.9. The van der Waals surface area contributed by atoms with Gasteiger partial charge in [-0.1, -0.05) is 22.9 Å². The van der Waals surface area contributed by atoms with Crippen LogP contribution in [-0.2, 0) is 4.79 Å². The Kier molecular flexibility index (Phi) is 6.18. The smallest absolute Gasteiger partial charge is 0.292 e. The number of aliphatic hydroxyl groups is 1. The topological polar surface area (TPSA) is 66.4 Å². The van der Waals surface area contributed by atoms with Crippen LogP contribution < -0.4 is 5.32 Å². The molecule has 1 aromatic rings. The lowest BCUT2D eigenvalue weighted by atomic mass is 10.0. The SMILES string of the molecule is CC(O)CC(C)CNC(=O)C(=O)c1ccc(Br)cc1. The summed E-state index contributed by atoms with van der Waals surface area (Å²) in [5.74, 6) is -1.03. The third kappa shape index (κ3) is 5.53. The van der Waals surface area contributed by atoms with Crippen molar-refractivity contribution in [1.29, 1.82) is 0 Å². The fourth-order valence-corrected chi connectivity index (χ4v) is 2.01. The third-order valence-electron chi connectivity index (χ3n) is 2.67. The van der Waals surface area contributed by atoms with Crippen molar-refractivity contribution >= 4 is 27.6 Å². The lowest BCUT2D eigenvalue weighted by molar-refractivity contribution is -0.117. The van der Waals surface area contributed by atoms with Gasteiger partial charge in [0.25, 0.3) is 5.91 Å². The molecule has 1 aromatic carbocycles. The normalized spacial score (nSPS) is 13.7. The highest BCUT2D eigenvalue weighted by molar-refractivity contribution is 9.10. The first-order valence-corrected chi connectivity index (χ1v) is 6.95. The van der Waals surface area contributed by atoms with Gasteiger partial charge in [-0.05, 0) is 43.5 Å².